The van der Waals surface area contributed by atoms with Gasteiger partial charge in [-0.25, -0.2) is 4.98 Å². The molecular weight excluding hydrogens is 156 g/mol. The molecule has 1 aromatic rings. The van der Waals surface area contributed by atoms with Crippen LogP contribution in [0.1, 0.15) is 0 Å². The minimum absolute atomic E-state index is 0.0476. The van der Waals surface area contributed by atoms with Crippen molar-refractivity contribution < 1.29 is 0 Å². The SMILES string of the molecule is NC(N)=NNc1ccc(N)cn1. The quantitative estimate of drug-likeness (QED) is 0.262. The average molecular weight is 166 g/mol. The van der Waals surface area contributed by atoms with E-state index in [0.29, 0.717) is 11.5 Å². The summed E-state index contributed by atoms with van der Waals surface area (Å²) < 4.78 is 0. The summed E-state index contributed by atoms with van der Waals surface area (Å²) in [7, 11) is 0. The highest BCUT2D eigenvalue weighted by Crippen LogP contribution is 2.04. The van der Waals surface area contributed by atoms with Gasteiger partial charge in [0.1, 0.15) is 5.82 Å². The predicted molar refractivity (Wildman–Crippen MR) is 48.1 cm³/mol. The van der Waals surface area contributed by atoms with Crippen LogP contribution in [0.5, 0.6) is 0 Å². The molecule has 12 heavy (non-hydrogen) atoms. The average Bonchev–Trinajstić information content (AvgIpc) is 2.03. The van der Waals surface area contributed by atoms with Crippen molar-refractivity contribution in [3.8, 4) is 0 Å². The maximum Gasteiger partial charge on any atom is 0.208 e. The Kier molecular flexibility index (Phi) is 2.32. The van der Waals surface area contributed by atoms with Crippen LogP contribution < -0.4 is 22.6 Å². The van der Waals surface area contributed by atoms with Gasteiger partial charge in [-0.2, -0.15) is 0 Å². The van der Waals surface area contributed by atoms with Crippen molar-refractivity contribution in [1.82, 2.24) is 4.98 Å². The lowest BCUT2D eigenvalue weighted by Gasteiger charge is -1.98. The zero-order valence-corrected chi connectivity index (χ0v) is 6.36. The third-order valence-electron chi connectivity index (χ3n) is 1.09. The fraction of sp³-hybridized carbons (Fsp3) is 0. The van der Waals surface area contributed by atoms with Crippen molar-refractivity contribution in [3.63, 3.8) is 0 Å². The summed E-state index contributed by atoms with van der Waals surface area (Å²) in [6, 6.07) is 3.36. The predicted octanol–water partition coefficient (Wildman–Crippen LogP) is -0.736. The number of hydrogen-bond donors (Lipinski definition) is 4. The second-order valence-corrected chi connectivity index (χ2v) is 2.13. The van der Waals surface area contributed by atoms with E-state index in [2.05, 4.69) is 15.5 Å². The van der Waals surface area contributed by atoms with Crippen molar-refractivity contribution in [1.29, 1.82) is 0 Å². The fourth-order valence-corrected chi connectivity index (χ4v) is 0.593. The molecule has 6 nitrogen and oxygen atoms in total. The molecule has 64 valence electrons. The van der Waals surface area contributed by atoms with Crippen molar-refractivity contribution in [2.75, 3.05) is 11.2 Å². The number of hydrogen-bond acceptors (Lipinski definition) is 4. The van der Waals surface area contributed by atoms with Gasteiger partial charge in [-0.1, -0.05) is 0 Å². The van der Waals surface area contributed by atoms with E-state index in [1.165, 1.54) is 6.20 Å². The summed E-state index contributed by atoms with van der Waals surface area (Å²) in [5, 5.41) is 3.54. The molecule has 0 aromatic carbocycles. The van der Waals surface area contributed by atoms with Crippen molar-refractivity contribution >= 4 is 17.5 Å². The smallest absolute Gasteiger partial charge is 0.208 e. The molecule has 0 aliphatic heterocycles. The highest BCUT2D eigenvalue weighted by molar-refractivity contribution is 5.76. The number of nitrogen functional groups attached to an aromatic ring is 1. The molecule has 1 heterocycles. The van der Waals surface area contributed by atoms with E-state index in [1.54, 1.807) is 12.1 Å². The molecule has 1 aromatic heterocycles. The van der Waals surface area contributed by atoms with Gasteiger partial charge in [-0.3, -0.25) is 5.43 Å². The Labute approximate surface area is 69.5 Å². The third-order valence-corrected chi connectivity index (χ3v) is 1.09. The van der Waals surface area contributed by atoms with Crippen LogP contribution in [0.4, 0.5) is 11.5 Å². The number of anilines is 2. The van der Waals surface area contributed by atoms with Crippen LogP contribution in [0, 0.1) is 0 Å². The molecule has 0 radical (unpaired) electrons. The Morgan fingerprint density at radius 2 is 2.17 bits per heavy atom. The fourth-order valence-electron chi connectivity index (χ4n) is 0.593. The van der Waals surface area contributed by atoms with Crippen LogP contribution in [0.3, 0.4) is 0 Å². The molecule has 0 unspecified atom stereocenters. The standard InChI is InChI=1S/C6H10N6/c7-4-1-2-5(10-3-4)11-12-6(8)9/h1-3H,7H2,(H,10,11)(H4,8,9,12). The highest BCUT2D eigenvalue weighted by atomic mass is 15.3. The molecule has 0 bridgehead atoms. The van der Waals surface area contributed by atoms with Crippen LogP contribution in [-0.4, -0.2) is 10.9 Å². The number of guanidine groups is 1. The topological polar surface area (TPSA) is 115 Å². The van der Waals surface area contributed by atoms with Crippen LogP contribution in [0.25, 0.3) is 0 Å². The molecule has 0 aliphatic carbocycles. The zero-order valence-electron chi connectivity index (χ0n) is 6.36. The molecule has 0 aliphatic rings. The Morgan fingerprint density at radius 1 is 1.42 bits per heavy atom. The molecule has 6 heteroatoms. The summed E-state index contributed by atoms with van der Waals surface area (Å²) in [5.74, 6) is 0.492. The Balaban J connectivity index is 2.65. The van der Waals surface area contributed by atoms with Crippen molar-refractivity contribution in [3.05, 3.63) is 18.3 Å². The Morgan fingerprint density at radius 3 is 2.67 bits per heavy atom. The first-order valence-corrected chi connectivity index (χ1v) is 3.24. The second kappa shape index (κ2) is 3.42. The zero-order chi connectivity index (χ0) is 8.97. The van der Waals surface area contributed by atoms with Gasteiger partial charge in [0.25, 0.3) is 0 Å². The number of rotatable bonds is 2. The lowest BCUT2D eigenvalue weighted by molar-refractivity contribution is 1.21. The second-order valence-electron chi connectivity index (χ2n) is 2.13. The van der Waals surface area contributed by atoms with E-state index in [-0.39, 0.29) is 5.96 Å². The van der Waals surface area contributed by atoms with Gasteiger partial charge in [-0.05, 0) is 12.1 Å². The van der Waals surface area contributed by atoms with Gasteiger partial charge in [0.15, 0.2) is 0 Å². The minimum Gasteiger partial charge on any atom is -0.397 e. The van der Waals surface area contributed by atoms with E-state index in [1.807, 2.05) is 0 Å². The maximum absolute atomic E-state index is 5.41. The van der Waals surface area contributed by atoms with Gasteiger partial charge in [0, 0.05) is 0 Å². The summed E-state index contributed by atoms with van der Waals surface area (Å²) >= 11 is 0. The molecule has 0 spiro atoms. The van der Waals surface area contributed by atoms with Gasteiger partial charge in [-0.15, -0.1) is 5.10 Å². The molecule has 0 saturated heterocycles. The van der Waals surface area contributed by atoms with E-state index in [4.69, 9.17) is 17.2 Å². The van der Waals surface area contributed by atoms with Crippen molar-refractivity contribution in [2.24, 2.45) is 16.6 Å². The first kappa shape index (κ1) is 8.12. The number of pyridine rings is 1. The lowest BCUT2D eigenvalue weighted by Crippen LogP contribution is -2.24. The number of nitrogens with zero attached hydrogens (tertiary/aromatic N) is 2. The molecule has 1 rings (SSSR count). The third kappa shape index (κ3) is 2.33. The monoisotopic (exact) mass is 166 g/mol. The van der Waals surface area contributed by atoms with E-state index < -0.39 is 0 Å². The van der Waals surface area contributed by atoms with E-state index >= 15 is 0 Å². The normalized spacial score (nSPS) is 9.00. The van der Waals surface area contributed by atoms with Crippen molar-refractivity contribution in [2.45, 2.75) is 0 Å². The lowest BCUT2D eigenvalue weighted by atomic mass is 10.4. The summed E-state index contributed by atoms with van der Waals surface area (Å²) in [6.07, 6.45) is 1.50. The van der Waals surface area contributed by atoms with Crippen LogP contribution >= 0.6 is 0 Å². The molecular formula is C6H10N6. The minimum atomic E-state index is -0.0476. The van der Waals surface area contributed by atoms with Crippen LogP contribution in [0.15, 0.2) is 23.4 Å². The molecule has 0 atom stereocenters. The van der Waals surface area contributed by atoms with E-state index in [9.17, 15) is 0 Å². The highest BCUT2D eigenvalue weighted by Gasteiger charge is 1.89. The molecule has 7 N–H and O–H groups in total. The number of nitrogens with one attached hydrogen (secondary N) is 1. The maximum atomic E-state index is 5.41. The van der Waals surface area contributed by atoms with Gasteiger partial charge in [0.2, 0.25) is 5.96 Å². The molecule has 0 fully saturated rings. The first-order chi connectivity index (χ1) is 5.68. The number of hydrazone groups is 1. The summed E-state index contributed by atoms with van der Waals surface area (Å²) in [5.41, 5.74) is 18.7. The Hall–Kier alpha value is -1.98. The van der Waals surface area contributed by atoms with Gasteiger partial charge in [0.05, 0.1) is 11.9 Å². The van der Waals surface area contributed by atoms with Gasteiger partial charge >= 0.3 is 0 Å². The van der Waals surface area contributed by atoms with E-state index in [0.717, 1.165) is 0 Å². The van der Waals surface area contributed by atoms with Crippen LogP contribution in [0.2, 0.25) is 0 Å². The first-order valence-electron chi connectivity index (χ1n) is 3.24. The number of aromatic nitrogens is 1. The Bertz CT molecular complexity index is 273. The summed E-state index contributed by atoms with van der Waals surface area (Å²) in [4.78, 5) is 3.90. The van der Waals surface area contributed by atoms with Crippen LogP contribution in [-0.2, 0) is 0 Å². The van der Waals surface area contributed by atoms with Gasteiger partial charge < -0.3 is 17.2 Å². The molecule has 0 amide bonds. The molecule has 0 saturated carbocycles. The largest absolute Gasteiger partial charge is 0.397 e. The number of nitrogens with two attached hydrogens (primary N) is 3. The summed E-state index contributed by atoms with van der Waals surface area (Å²) in [6.45, 7) is 0.